The summed E-state index contributed by atoms with van der Waals surface area (Å²) in [5, 5.41) is 7.25. The molecule has 0 bridgehead atoms. The quantitative estimate of drug-likeness (QED) is 0.547. The predicted molar refractivity (Wildman–Crippen MR) is 110 cm³/mol. The molecule has 0 radical (unpaired) electrons. The first-order chi connectivity index (χ1) is 14.1. The number of imidazole rings is 1. The van der Waals surface area contributed by atoms with Crippen molar-refractivity contribution in [2.45, 2.75) is 13.5 Å². The second kappa shape index (κ2) is 8.02. The van der Waals surface area contributed by atoms with Gasteiger partial charge in [-0.15, -0.1) is 0 Å². The van der Waals surface area contributed by atoms with Crippen molar-refractivity contribution in [2.75, 3.05) is 5.32 Å². The summed E-state index contributed by atoms with van der Waals surface area (Å²) >= 11 is 0. The Hall–Kier alpha value is -3.87. The van der Waals surface area contributed by atoms with E-state index in [9.17, 15) is 4.79 Å². The third-order valence-corrected chi connectivity index (χ3v) is 4.66. The van der Waals surface area contributed by atoms with E-state index in [-0.39, 0.29) is 5.91 Å². The van der Waals surface area contributed by atoms with Crippen molar-refractivity contribution in [1.29, 1.82) is 0 Å². The summed E-state index contributed by atoms with van der Waals surface area (Å²) in [6.07, 6.45) is 5.19. The van der Waals surface area contributed by atoms with Crippen LogP contribution in [0.25, 0.3) is 5.69 Å². The van der Waals surface area contributed by atoms with E-state index in [0.717, 1.165) is 17.2 Å². The van der Waals surface area contributed by atoms with Gasteiger partial charge in [-0.05, 0) is 43.3 Å². The number of carbonyl (C=O) groups excluding carboxylic acids is 1. The van der Waals surface area contributed by atoms with Gasteiger partial charge in [0.1, 0.15) is 18.2 Å². The Balaban J connectivity index is 1.41. The third kappa shape index (κ3) is 4.03. The molecule has 0 aliphatic rings. The molecule has 7 heteroatoms. The maximum atomic E-state index is 12.7. The number of para-hydroxylation sites is 1. The van der Waals surface area contributed by atoms with Gasteiger partial charge in [-0.3, -0.25) is 4.79 Å². The van der Waals surface area contributed by atoms with Crippen molar-refractivity contribution in [3.8, 4) is 11.4 Å². The van der Waals surface area contributed by atoms with Gasteiger partial charge in [0.05, 0.1) is 23.1 Å². The number of ether oxygens (including phenoxy) is 1. The van der Waals surface area contributed by atoms with Crippen molar-refractivity contribution in [3.05, 3.63) is 90.3 Å². The molecule has 2 aromatic carbocycles. The zero-order valence-corrected chi connectivity index (χ0v) is 16.2. The van der Waals surface area contributed by atoms with Gasteiger partial charge in [-0.25, -0.2) is 9.67 Å². The number of benzene rings is 2. The molecule has 29 heavy (non-hydrogen) atoms. The molecule has 4 rings (SSSR count). The predicted octanol–water partition coefficient (Wildman–Crippen LogP) is 3.75. The number of nitrogens with zero attached hydrogens (tertiary/aromatic N) is 4. The standard InChI is InChI=1S/C22H21N5O2/c1-16-20(14-24-27(16)18-6-4-3-5-7-18)22(28)25-17-8-10-19(11-9-17)29-15-21-23-12-13-26(21)2/h3-14H,15H2,1-2H3,(H,25,28). The molecule has 1 N–H and O–H groups in total. The molecule has 1 amide bonds. The number of hydrogen-bond donors (Lipinski definition) is 1. The lowest BCUT2D eigenvalue weighted by atomic mass is 10.2. The van der Waals surface area contributed by atoms with E-state index in [4.69, 9.17) is 4.74 Å². The van der Waals surface area contributed by atoms with Crippen molar-refractivity contribution in [2.24, 2.45) is 7.05 Å². The van der Waals surface area contributed by atoms with E-state index < -0.39 is 0 Å². The molecule has 0 unspecified atom stereocenters. The minimum atomic E-state index is -0.202. The van der Waals surface area contributed by atoms with Crippen LogP contribution in [0.15, 0.2) is 73.2 Å². The molecule has 2 aromatic heterocycles. The Labute approximate surface area is 168 Å². The highest BCUT2D eigenvalue weighted by Gasteiger charge is 2.15. The van der Waals surface area contributed by atoms with Crippen LogP contribution in [0, 0.1) is 6.92 Å². The van der Waals surface area contributed by atoms with Crippen LogP contribution in [-0.4, -0.2) is 25.2 Å². The Bertz CT molecular complexity index is 1110. The zero-order chi connectivity index (χ0) is 20.2. The van der Waals surface area contributed by atoms with Crippen LogP contribution in [0.1, 0.15) is 21.9 Å². The van der Waals surface area contributed by atoms with Crippen molar-refractivity contribution >= 4 is 11.6 Å². The molecular formula is C22H21N5O2. The fraction of sp³-hybridized carbons (Fsp3) is 0.136. The van der Waals surface area contributed by atoms with Crippen LogP contribution in [0.4, 0.5) is 5.69 Å². The number of amides is 1. The lowest BCUT2D eigenvalue weighted by Crippen LogP contribution is -2.13. The smallest absolute Gasteiger partial charge is 0.259 e. The van der Waals surface area contributed by atoms with Gasteiger partial charge in [0.25, 0.3) is 5.91 Å². The number of nitrogens with one attached hydrogen (secondary N) is 1. The zero-order valence-electron chi connectivity index (χ0n) is 16.2. The van der Waals surface area contributed by atoms with Crippen LogP contribution < -0.4 is 10.1 Å². The molecule has 0 saturated heterocycles. The van der Waals surface area contributed by atoms with Crippen LogP contribution in [0.2, 0.25) is 0 Å². The minimum absolute atomic E-state index is 0.202. The summed E-state index contributed by atoms with van der Waals surface area (Å²) in [5.74, 6) is 1.35. The number of rotatable bonds is 6. The largest absolute Gasteiger partial charge is 0.486 e. The van der Waals surface area contributed by atoms with Gasteiger partial charge in [0, 0.05) is 25.1 Å². The molecule has 2 heterocycles. The van der Waals surface area contributed by atoms with E-state index in [1.807, 2.05) is 79.3 Å². The minimum Gasteiger partial charge on any atom is -0.486 e. The number of aromatic nitrogens is 4. The normalized spacial score (nSPS) is 10.7. The van der Waals surface area contributed by atoms with Gasteiger partial charge in [-0.1, -0.05) is 18.2 Å². The first-order valence-electron chi connectivity index (χ1n) is 9.22. The molecular weight excluding hydrogens is 366 g/mol. The first kappa shape index (κ1) is 18.5. The molecule has 0 saturated carbocycles. The second-order valence-electron chi connectivity index (χ2n) is 6.61. The Morgan fingerprint density at radius 1 is 1.10 bits per heavy atom. The molecule has 0 fully saturated rings. The summed E-state index contributed by atoms with van der Waals surface area (Å²) in [7, 11) is 1.92. The molecule has 4 aromatic rings. The lowest BCUT2D eigenvalue weighted by Gasteiger charge is -2.09. The van der Waals surface area contributed by atoms with Gasteiger partial charge >= 0.3 is 0 Å². The van der Waals surface area contributed by atoms with E-state index in [1.54, 1.807) is 17.1 Å². The maximum absolute atomic E-state index is 12.7. The van der Waals surface area contributed by atoms with Gasteiger partial charge in [0.15, 0.2) is 0 Å². The van der Waals surface area contributed by atoms with Gasteiger partial charge in [-0.2, -0.15) is 5.10 Å². The monoisotopic (exact) mass is 387 g/mol. The van der Waals surface area contributed by atoms with Crippen LogP contribution in [-0.2, 0) is 13.7 Å². The fourth-order valence-electron chi connectivity index (χ4n) is 2.98. The van der Waals surface area contributed by atoms with Crippen LogP contribution in [0.5, 0.6) is 5.75 Å². The molecule has 7 nitrogen and oxygen atoms in total. The summed E-state index contributed by atoms with van der Waals surface area (Å²) in [6, 6.07) is 17.0. The van der Waals surface area contributed by atoms with Crippen molar-refractivity contribution in [1.82, 2.24) is 19.3 Å². The number of carbonyl (C=O) groups is 1. The highest BCUT2D eigenvalue weighted by Crippen LogP contribution is 2.19. The van der Waals surface area contributed by atoms with Crippen molar-refractivity contribution in [3.63, 3.8) is 0 Å². The number of aryl methyl sites for hydroxylation is 1. The first-order valence-corrected chi connectivity index (χ1v) is 9.22. The van der Waals surface area contributed by atoms with Gasteiger partial charge < -0.3 is 14.6 Å². The summed E-state index contributed by atoms with van der Waals surface area (Å²) < 4.78 is 9.40. The third-order valence-electron chi connectivity index (χ3n) is 4.66. The van der Waals surface area contributed by atoms with Crippen LogP contribution in [0.3, 0.4) is 0 Å². The molecule has 146 valence electrons. The summed E-state index contributed by atoms with van der Waals surface area (Å²) in [5.41, 5.74) is 2.91. The van der Waals surface area contributed by atoms with Crippen LogP contribution >= 0.6 is 0 Å². The average Bonchev–Trinajstić information content (AvgIpc) is 3.33. The summed E-state index contributed by atoms with van der Waals surface area (Å²) in [6.45, 7) is 2.26. The molecule has 0 aliphatic heterocycles. The fourth-order valence-corrected chi connectivity index (χ4v) is 2.98. The van der Waals surface area contributed by atoms with Crippen molar-refractivity contribution < 1.29 is 9.53 Å². The SMILES string of the molecule is Cc1c(C(=O)Nc2ccc(OCc3nccn3C)cc2)cnn1-c1ccccc1. The van der Waals surface area contributed by atoms with E-state index in [1.165, 1.54) is 0 Å². The molecule has 0 aliphatic carbocycles. The van der Waals surface area contributed by atoms with E-state index >= 15 is 0 Å². The Kier molecular flexibility index (Phi) is 5.11. The number of anilines is 1. The van der Waals surface area contributed by atoms with Gasteiger partial charge in [0.2, 0.25) is 0 Å². The molecule has 0 spiro atoms. The highest BCUT2D eigenvalue weighted by atomic mass is 16.5. The number of hydrogen-bond acceptors (Lipinski definition) is 4. The summed E-state index contributed by atoms with van der Waals surface area (Å²) in [4.78, 5) is 16.9. The highest BCUT2D eigenvalue weighted by molar-refractivity contribution is 6.05. The van der Waals surface area contributed by atoms with E-state index in [0.29, 0.717) is 23.6 Å². The Morgan fingerprint density at radius 2 is 1.86 bits per heavy atom. The molecule has 0 atom stereocenters. The maximum Gasteiger partial charge on any atom is 0.259 e. The Morgan fingerprint density at radius 3 is 2.55 bits per heavy atom. The second-order valence-corrected chi connectivity index (χ2v) is 6.61. The van der Waals surface area contributed by atoms with E-state index in [2.05, 4.69) is 15.4 Å². The topological polar surface area (TPSA) is 74.0 Å². The lowest BCUT2D eigenvalue weighted by molar-refractivity contribution is 0.102. The average molecular weight is 387 g/mol.